The maximum atomic E-state index is 12.2. The van der Waals surface area contributed by atoms with Crippen LogP contribution in [0.5, 0.6) is 0 Å². The van der Waals surface area contributed by atoms with Crippen LogP contribution < -0.4 is 10.2 Å². The predicted molar refractivity (Wildman–Crippen MR) is 94.5 cm³/mol. The second-order valence-corrected chi connectivity index (χ2v) is 7.15. The molecule has 24 heavy (non-hydrogen) atoms. The lowest BCUT2D eigenvalue weighted by molar-refractivity contribution is -0.127. The van der Waals surface area contributed by atoms with Crippen molar-refractivity contribution in [1.82, 2.24) is 20.1 Å². The molecule has 1 aromatic heterocycles. The molecule has 0 spiro atoms. The van der Waals surface area contributed by atoms with Crippen molar-refractivity contribution in [2.24, 2.45) is 0 Å². The molecule has 0 radical (unpaired) electrons. The maximum absolute atomic E-state index is 12.2. The largest absolute Gasteiger partial charge is 0.345 e. The number of aromatic nitrogens is 1. The van der Waals surface area contributed by atoms with Gasteiger partial charge in [-0.2, -0.15) is 0 Å². The summed E-state index contributed by atoms with van der Waals surface area (Å²) in [5, 5.41) is 6.07. The van der Waals surface area contributed by atoms with Gasteiger partial charge < -0.3 is 20.0 Å². The van der Waals surface area contributed by atoms with Gasteiger partial charge in [0, 0.05) is 57.6 Å². The zero-order chi connectivity index (χ0) is 16.9. The number of carbonyl (C=O) groups is 2. The molecule has 132 valence electrons. The van der Waals surface area contributed by atoms with Crippen molar-refractivity contribution in [3.05, 3.63) is 11.1 Å². The zero-order valence-electron chi connectivity index (χ0n) is 14.2. The molecule has 1 aromatic rings. The van der Waals surface area contributed by atoms with E-state index >= 15 is 0 Å². The molecule has 2 saturated heterocycles. The van der Waals surface area contributed by atoms with Gasteiger partial charge in [0.15, 0.2) is 5.13 Å². The standard InChI is InChI=1S/C16H25N5O2S/c1-13-12-24-16(18-13)21-10-8-20(9-11-21)15(23)17-5-3-7-19-6-2-4-14(19)22/h12H,2-11H2,1H3,(H,17,23). The van der Waals surface area contributed by atoms with Crippen LogP contribution in [0.4, 0.5) is 9.93 Å². The molecular formula is C16H25N5O2S. The average Bonchev–Trinajstić information content (AvgIpc) is 3.20. The summed E-state index contributed by atoms with van der Waals surface area (Å²) in [4.78, 5) is 34.2. The molecule has 1 N–H and O–H groups in total. The highest BCUT2D eigenvalue weighted by Gasteiger charge is 2.23. The lowest BCUT2D eigenvalue weighted by Gasteiger charge is -2.34. The lowest BCUT2D eigenvalue weighted by atomic mass is 10.3. The first-order chi connectivity index (χ1) is 11.6. The summed E-state index contributed by atoms with van der Waals surface area (Å²) in [7, 11) is 0. The van der Waals surface area contributed by atoms with Crippen LogP contribution >= 0.6 is 11.3 Å². The van der Waals surface area contributed by atoms with Crippen LogP contribution in [0.2, 0.25) is 0 Å². The normalized spacial score (nSPS) is 18.4. The number of likely N-dealkylation sites (tertiary alicyclic amines) is 1. The van der Waals surface area contributed by atoms with Gasteiger partial charge in [0.2, 0.25) is 5.91 Å². The van der Waals surface area contributed by atoms with E-state index in [1.165, 1.54) is 0 Å². The van der Waals surface area contributed by atoms with Gasteiger partial charge in [-0.05, 0) is 19.8 Å². The van der Waals surface area contributed by atoms with Crippen molar-refractivity contribution in [1.29, 1.82) is 0 Å². The van der Waals surface area contributed by atoms with Gasteiger partial charge in [0.1, 0.15) is 0 Å². The van der Waals surface area contributed by atoms with Crippen molar-refractivity contribution in [2.45, 2.75) is 26.2 Å². The second-order valence-electron chi connectivity index (χ2n) is 6.32. The average molecular weight is 351 g/mol. The summed E-state index contributed by atoms with van der Waals surface area (Å²) in [5.74, 6) is 0.245. The predicted octanol–water partition coefficient (Wildman–Crippen LogP) is 1.30. The first kappa shape index (κ1) is 17.0. The number of anilines is 1. The van der Waals surface area contributed by atoms with Gasteiger partial charge in [-0.3, -0.25) is 4.79 Å². The van der Waals surface area contributed by atoms with Crippen molar-refractivity contribution in [3.8, 4) is 0 Å². The molecule has 8 heteroatoms. The Labute approximate surface area is 146 Å². The zero-order valence-corrected chi connectivity index (χ0v) is 15.0. The molecule has 3 amide bonds. The summed E-state index contributed by atoms with van der Waals surface area (Å²) in [5.41, 5.74) is 1.05. The van der Waals surface area contributed by atoms with E-state index in [1.54, 1.807) is 11.3 Å². The molecule has 0 aromatic carbocycles. The number of nitrogens with zero attached hydrogens (tertiary/aromatic N) is 4. The highest BCUT2D eigenvalue weighted by molar-refractivity contribution is 7.13. The Kier molecular flexibility index (Phi) is 5.55. The van der Waals surface area contributed by atoms with E-state index in [-0.39, 0.29) is 11.9 Å². The quantitative estimate of drug-likeness (QED) is 0.812. The number of thiazole rings is 1. The van der Waals surface area contributed by atoms with Crippen LogP contribution in [-0.4, -0.2) is 72.5 Å². The third-order valence-electron chi connectivity index (χ3n) is 4.50. The number of aryl methyl sites for hydroxylation is 1. The Bertz CT molecular complexity index is 583. The van der Waals surface area contributed by atoms with E-state index < -0.39 is 0 Å². The third kappa shape index (κ3) is 4.17. The van der Waals surface area contributed by atoms with Gasteiger partial charge in [-0.25, -0.2) is 9.78 Å². The van der Waals surface area contributed by atoms with Crippen molar-refractivity contribution >= 4 is 28.4 Å². The van der Waals surface area contributed by atoms with Crippen LogP contribution in [0, 0.1) is 6.92 Å². The van der Waals surface area contributed by atoms with Crippen LogP contribution in [-0.2, 0) is 4.79 Å². The van der Waals surface area contributed by atoms with Crippen LogP contribution in [0.25, 0.3) is 0 Å². The molecule has 2 fully saturated rings. The van der Waals surface area contributed by atoms with E-state index in [4.69, 9.17) is 0 Å². The maximum Gasteiger partial charge on any atom is 0.317 e. The summed E-state index contributed by atoms with van der Waals surface area (Å²) >= 11 is 1.66. The Morgan fingerprint density at radius 3 is 2.71 bits per heavy atom. The van der Waals surface area contributed by atoms with Gasteiger partial charge in [0.25, 0.3) is 0 Å². The topological polar surface area (TPSA) is 68.8 Å². The Hall–Kier alpha value is -1.83. The summed E-state index contributed by atoms with van der Waals surface area (Å²) in [6.45, 7) is 7.31. The van der Waals surface area contributed by atoms with E-state index in [0.717, 1.165) is 62.9 Å². The minimum atomic E-state index is -0.00211. The Morgan fingerprint density at radius 1 is 1.29 bits per heavy atom. The van der Waals surface area contributed by atoms with E-state index in [2.05, 4.69) is 20.6 Å². The van der Waals surface area contributed by atoms with Gasteiger partial charge in [0.05, 0.1) is 5.69 Å². The van der Waals surface area contributed by atoms with Crippen molar-refractivity contribution < 1.29 is 9.59 Å². The molecule has 2 aliphatic heterocycles. The van der Waals surface area contributed by atoms with Gasteiger partial charge in [-0.1, -0.05) is 0 Å². The monoisotopic (exact) mass is 351 g/mol. The molecule has 0 bridgehead atoms. The SMILES string of the molecule is Cc1csc(N2CCN(C(=O)NCCCN3CCCC3=O)CC2)n1. The lowest BCUT2D eigenvalue weighted by Crippen LogP contribution is -2.52. The second kappa shape index (κ2) is 7.83. The first-order valence-electron chi connectivity index (χ1n) is 8.61. The number of urea groups is 1. The Balaban J connectivity index is 1.34. The van der Waals surface area contributed by atoms with Crippen LogP contribution in [0.1, 0.15) is 25.0 Å². The van der Waals surface area contributed by atoms with Gasteiger partial charge in [-0.15, -0.1) is 11.3 Å². The molecule has 3 rings (SSSR count). The van der Waals surface area contributed by atoms with E-state index in [1.807, 2.05) is 16.7 Å². The molecule has 0 atom stereocenters. The smallest absolute Gasteiger partial charge is 0.317 e. The fourth-order valence-electron chi connectivity index (χ4n) is 3.11. The number of amides is 3. The molecule has 2 aliphatic rings. The Morgan fingerprint density at radius 2 is 2.08 bits per heavy atom. The number of nitrogens with one attached hydrogen (secondary N) is 1. The number of rotatable bonds is 5. The molecule has 3 heterocycles. The number of hydrogen-bond donors (Lipinski definition) is 1. The van der Waals surface area contributed by atoms with E-state index in [0.29, 0.717) is 13.0 Å². The first-order valence-corrected chi connectivity index (χ1v) is 9.49. The third-order valence-corrected chi connectivity index (χ3v) is 5.52. The molecule has 0 unspecified atom stereocenters. The van der Waals surface area contributed by atoms with Crippen LogP contribution in [0.3, 0.4) is 0 Å². The number of hydrogen-bond acceptors (Lipinski definition) is 5. The molecule has 0 aliphatic carbocycles. The molecule has 7 nitrogen and oxygen atoms in total. The molecule has 0 saturated carbocycles. The highest BCUT2D eigenvalue weighted by Crippen LogP contribution is 2.21. The summed E-state index contributed by atoms with van der Waals surface area (Å²) in [6.07, 6.45) is 2.46. The van der Waals surface area contributed by atoms with Gasteiger partial charge >= 0.3 is 6.03 Å². The number of piperazine rings is 1. The van der Waals surface area contributed by atoms with Crippen molar-refractivity contribution in [2.75, 3.05) is 50.7 Å². The summed E-state index contributed by atoms with van der Waals surface area (Å²) in [6, 6.07) is -0.00211. The number of carbonyl (C=O) groups excluding carboxylic acids is 2. The summed E-state index contributed by atoms with van der Waals surface area (Å²) < 4.78 is 0. The van der Waals surface area contributed by atoms with Crippen LogP contribution in [0.15, 0.2) is 5.38 Å². The van der Waals surface area contributed by atoms with Crippen molar-refractivity contribution in [3.63, 3.8) is 0 Å². The fourth-order valence-corrected chi connectivity index (χ4v) is 3.96. The minimum absolute atomic E-state index is 0.00211. The molecular weight excluding hydrogens is 326 g/mol. The fraction of sp³-hybridized carbons (Fsp3) is 0.688. The minimum Gasteiger partial charge on any atom is -0.345 e. The van der Waals surface area contributed by atoms with E-state index in [9.17, 15) is 9.59 Å². The highest BCUT2D eigenvalue weighted by atomic mass is 32.1.